The summed E-state index contributed by atoms with van der Waals surface area (Å²) in [5.74, 6) is 1.29. The molecule has 8 nitrogen and oxygen atoms in total. The summed E-state index contributed by atoms with van der Waals surface area (Å²) in [6.45, 7) is 1.97. The van der Waals surface area contributed by atoms with Crippen molar-refractivity contribution in [3.8, 4) is 11.5 Å². The fourth-order valence-corrected chi connectivity index (χ4v) is 3.74. The van der Waals surface area contributed by atoms with Crippen LogP contribution in [0.3, 0.4) is 0 Å². The zero-order valence-electron chi connectivity index (χ0n) is 16.4. The molecule has 1 saturated heterocycles. The van der Waals surface area contributed by atoms with Crippen LogP contribution in [-0.2, 0) is 0 Å². The van der Waals surface area contributed by atoms with Gasteiger partial charge in [-0.3, -0.25) is 4.79 Å². The fraction of sp³-hybridized carbons (Fsp3) is 0.318. The molecule has 154 valence electrons. The van der Waals surface area contributed by atoms with Gasteiger partial charge >= 0.3 is 6.01 Å². The van der Waals surface area contributed by atoms with Gasteiger partial charge in [-0.1, -0.05) is 35.4 Å². The number of rotatable bonds is 5. The zero-order valence-corrected chi connectivity index (χ0v) is 16.4. The number of hydrogen-bond donors (Lipinski definition) is 1. The van der Waals surface area contributed by atoms with Crippen molar-refractivity contribution >= 4 is 11.9 Å². The molecule has 1 atom stereocenters. The summed E-state index contributed by atoms with van der Waals surface area (Å²) in [7, 11) is 0. The van der Waals surface area contributed by atoms with Crippen LogP contribution < -0.4 is 19.7 Å². The summed E-state index contributed by atoms with van der Waals surface area (Å²) < 4.78 is 16.7. The predicted molar refractivity (Wildman–Crippen MR) is 109 cm³/mol. The number of ether oxygens (including phenoxy) is 2. The number of benzene rings is 2. The molecule has 2 aliphatic heterocycles. The van der Waals surface area contributed by atoms with Gasteiger partial charge in [-0.2, -0.15) is 0 Å². The summed E-state index contributed by atoms with van der Waals surface area (Å²) >= 11 is 0. The van der Waals surface area contributed by atoms with Crippen molar-refractivity contribution in [2.45, 2.75) is 25.3 Å². The Kier molecular flexibility index (Phi) is 4.96. The summed E-state index contributed by atoms with van der Waals surface area (Å²) in [5.41, 5.74) is 1.33. The first kappa shape index (κ1) is 18.5. The molecule has 8 heteroatoms. The predicted octanol–water partition coefficient (Wildman–Crippen LogP) is 3.31. The van der Waals surface area contributed by atoms with E-state index in [4.69, 9.17) is 13.9 Å². The van der Waals surface area contributed by atoms with Gasteiger partial charge in [0.1, 0.15) is 6.04 Å². The number of carbonyl (C=O) groups is 1. The van der Waals surface area contributed by atoms with Crippen molar-refractivity contribution in [1.82, 2.24) is 15.5 Å². The number of piperidine rings is 1. The number of nitrogens with zero attached hydrogens (tertiary/aromatic N) is 3. The second-order valence-electron chi connectivity index (χ2n) is 7.36. The topological polar surface area (TPSA) is 89.7 Å². The van der Waals surface area contributed by atoms with E-state index in [9.17, 15) is 4.79 Å². The molecule has 0 spiro atoms. The van der Waals surface area contributed by atoms with Gasteiger partial charge < -0.3 is 24.1 Å². The van der Waals surface area contributed by atoms with Gasteiger partial charge in [0.25, 0.3) is 5.91 Å². The number of anilines is 1. The minimum absolute atomic E-state index is 0.161. The third kappa shape index (κ3) is 3.68. The molecule has 1 fully saturated rings. The lowest BCUT2D eigenvalue weighted by molar-refractivity contribution is 0.0937. The largest absolute Gasteiger partial charge is 0.454 e. The van der Waals surface area contributed by atoms with Crippen LogP contribution in [0.4, 0.5) is 6.01 Å². The van der Waals surface area contributed by atoms with Crippen LogP contribution in [0, 0.1) is 0 Å². The molecule has 2 aromatic carbocycles. The minimum Gasteiger partial charge on any atom is -0.454 e. The van der Waals surface area contributed by atoms with Crippen LogP contribution in [0.5, 0.6) is 11.5 Å². The van der Waals surface area contributed by atoms with Crippen molar-refractivity contribution in [1.29, 1.82) is 0 Å². The molecule has 2 aliphatic rings. The van der Waals surface area contributed by atoms with Crippen LogP contribution >= 0.6 is 0 Å². The molecule has 5 rings (SSSR count). The Morgan fingerprint density at radius 3 is 2.60 bits per heavy atom. The Morgan fingerprint density at radius 2 is 1.77 bits per heavy atom. The van der Waals surface area contributed by atoms with E-state index >= 15 is 0 Å². The highest BCUT2D eigenvalue weighted by Gasteiger charge is 2.26. The molecule has 3 aromatic rings. The molecule has 1 N–H and O–H groups in total. The number of nitrogens with one attached hydrogen (secondary N) is 1. The van der Waals surface area contributed by atoms with E-state index < -0.39 is 6.04 Å². The monoisotopic (exact) mass is 406 g/mol. The van der Waals surface area contributed by atoms with Gasteiger partial charge in [-0.25, -0.2) is 0 Å². The number of hydrogen-bond acceptors (Lipinski definition) is 7. The van der Waals surface area contributed by atoms with E-state index in [-0.39, 0.29) is 12.7 Å². The van der Waals surface area contributed by atoms with Gasteiger partial charge in [0.2, 0.25) is 12.7 Å². The molecule has 3 heterocycles. The standard InChI is InChI=1S/C22H22N4O4/c27-20(16-9-10-17-18(13-16)29-14-28-17)23-19(15-7-3-1-4-8-15)21-24-25-22(30-21)26-11-5-2-6-12-26/h1,3-4,7-10,13,19H,2,5-6,11-12,14H2,(H,23,27)/t19-/m1/s1. The SMILES string of the molecule is O=C(N[C@H](c1ccccc1)c1nnc(N2CCCCC2)o1)c1ccc2c(c1)OCO2. The maximum Gasteiger partial charge on any atom is 0.318 e. The van der Waals surface area contributed by atoms with Crippen LogP contribution in [0.25, 0.3) is 0 Å². The normalized spacial score (nSPS) is 16.3. The maximum absolute atomic E-state index is 13.0. The second kappa shape index (κ2) is 8.06. The quantitative estimate of drug-likeness (QED) is 0.695. The molecule has 0 radical (unpaired) electrons. The molecule has 1 aromatic heterocycles. The summed E-state index contributed by atoms with van der Waals surface area (Å²) in [4.78, 5) is 15.1. The molecule has 0 aliphatic carbocycles. The highest BCUT2D eigenvalue weighted by atomic mass is 16.7. The van der Waals surface area contributed by atoms with Gasteiger partial charge in [0.05, 0.1) is 0 Å². The van der Waals surface area contributed by atoms with Crippen molar-refractivity contribution in [3.05, 3.63) is 65.5 Å². The maximum atomic E-state index is 13.0. The molecule has 30 heavy (non-hydrogen) atoms. The lowest BCUT2D eigenvalue weighted by Crippen LogP contribution is -2.30. The first-order valence-electron chi connectivity index (χ1n) is 10.1. The lowest BCUT2D eigenvalue weighted by Gasteiger charge is -2.24. The van der Waals surface area contributed by atoms with Gasteiger partial charge in [0.15, 0.2) is 11.5 Å². The highest BCUT2D eigenvalue weighted by molar-refractivity contribution is 5.95. The van der Waals surface area contributed by atoms with Crippen LogP contribution in [-0.4, -0.2) is 36.0 Å². The summed E-state index contributed by atoms with van der Waals surface area (Å²) in [6.07, 6.45) is 3.44. The zero-order chi connectivity index (χ0) is 20.3. The average molecular weight is 406 g/mol. The fourth-order valence-electron chi connectivity index (χ4n) is 3.74. The Labute approximate surface area is 173 Å². The molecular formula is C22H22N4O4. The van der Waals surface area contributed by atoms with Crippen molar-refractivity contribution in [3.63, 3.8) is 0 Å². The van der Waals surface area contributed by atoms with Crippen molar-refractivity contribution in [2.24, 2.45) is 0 Å². The molecule has 0 bridgehead atoms. The first-order chi connectivity index (χ1) is 14.8. The highest BCUT2D eigenvalue weighted by Crippen LogP contribution is 2.33. The number of fused-ring (bicyclic) bond motifs is 1. The van der Waals surface area contributed by atoms with Crippen molar-refractivity contribution < 1.29 is 18.7 Å². The minimum atomic E-state index is -0.560. The second-order valence-corrected chi connectivity index (χ2v) is 7.36. The van der Waals surface area contributed by atoms with Crippen LogP contribution in [0.1, 0.15) is 47.1 Å². The smallest absolute Gasteiger partial charge is 0.318 e. The van der Waals surface area contributed by atoms with E-state index in [0.717, 1.165) is 31.5 Å². The first-order valence-corrected chi connectivity index (χ1v) is 10.1. The number of carbonyl (C=O) groups excluding carboxylic acids is 1. The van der Waals surface area contributed by atoms with E-state index in [1.165, 1.54) is 6.42 Å². The molecule has 0 saturated carbocycles. The van der Waals surface area contributed by atoms with E-state index in [0.29, 0.717) is 29.0 Å². The third-order valence-electron chi connectivity index (χ3n) is 5.35. The van der Waals surface area contributed by atoms with E-state index in [1.807, 2.05) is 30.3 Å². The summed E-state index contributed by atoms with van der Waals surface area (Å²) in [6, 6.07) is 14.7. The molecule has 0 unspecified atom stereocenters. The van der Waals surface area contributed by atoms with E-state index in [1.54, 1.807) is 18.2 Å². The Hall–Kier alpha value is -3.55. The number of aromatic nitrogens is 2. The van der Waals surface area contributed by atoms with Gasteiger partial charge in [-0.05, 0) is 43.0 Å². The Bertz CT molecular complexity index is 1030. The Balaban J connectivity index is 1.41. The molecular weight excluding hydrogens is 384 g/mol. The number of amides is 1. The van der Waals surface area contributed by atoms with Crippen molar-refractivity contribution in [2.75, 3.05) is 24.8 Å². The Morgan fingerprint density at radius 1 is 0.967 bits per heavy atom. The summed E-state index contributed by atoms with van der Waals surface area (Å²) in [5, 5.41) is 11.5. The van der Waals surface area contributed by atoms with Crippen LogP contribution in [0.2, 0.25) is 0 Å². The molecule has 1 amide bonds. The lowest BCUT2D eigenvalue weighted by atomic mass is 10.1. The average Bonchev–Trinajstić information content (AvgIpc) is 3.48. The van der Waals surface area contributed by atoms with Crippen LogP contribution in [0.15, 0.2) is 52.9 Å². The third-order valence-corrected chi connectivity index (χ3v) is 5.35. The van der Waals surface area contributed by atoms with Gasteiger partial charge in [0, 0.05) is 18.7 Å². The van der Waals surface area contributed by atoms with E-state index in [2.05, 4.69) is 20.4 Å². The van der Waals surface area contributed by atoms with Gasteiger partial charge in [-0.15, -0.1) is 5.10 Å².